The van der Waals surface area contributed by atoms with Gasteiger partial charge in [-0.2, -0.15) is 0 Å². The molecular weight excluding hydrogens is 278 g/mol. The van der Waals surface area contributed by atoms with Crippen molar-refractivity contribution in [3.8, 4) is 11.5 Å². The molecule has 0 radical (unpaired) electrons. The second-order valence-corrected chi connectivity index (χ2v) is 5.81. The third-order valence-corrected chi connectivity index (χ3v) is 4.21. The summed E-state index contributed by atoms with van der Waals surface area (Å²) in [5, 5.41) is 3.15. The zero-order valence-corrected chi connectivity index (χ0v) is 13.4. The summed E-state index contributed by atoms with van der Waals surface area (Å²) in [5.41, 5.74) is 0.598. The topological polar surface area (TPSA) is 47.6 Å². The standard InChI is InChI=1S/C18H25NO3/c1-4-11-22-16-10-9-14(12-17(16)21-3)18(20)19-15-8-6-5-7-13(15)2/h4,9-10,12-13,15H,1,5-8,11H2,2-3H3,(H,19,20). The van der Waals surface area contributed by atoms with Crippen molar-refractivity contribution >= 4 is 5.91 Å². The van der Waals surface area contributed by atoms with E-state index in [9.17, 15) is 4.79 Å². The van der Waals surface area contributed by atoms with E-state index in [2.05, 4.69) is 18.8 Å². The van der Waals surface area contributed by atoms with Gasteiger partial charge in [-0.15, -0.1) is 0 Å². The lowest BCUT2D eigenvalue weighted by atomic mass is 9.86. The summed E-state index contributed by atoms with van der Waals surface area (Å²) >= 11 is 0. The Morgan fingerprint density at radius 1 is 1.36 bits per heavy atom. The molecule has 22 heavy (non-hydrogen) atoms. The van der Waals surface area contributed by atoms with E-state index in [0.717, 1.165) is 6.42 Å². The molecule has 120 valence electrons. The minimum atomic E-state index is -0.0488. The van der Waals surface area contributed by atoms with Crippen LogP contribution in [0.2, 0.25) is 0 Å². The smallest absolute Gasteiger partial charge is 0.251 e. The molecule has 4 heteroatoms. The number of nitrogens with one attached hydrogen (secondary N) is 1. The van der Waals surface area contributed by atoms with Crippen LogP contribution in [0.3, 0.4) is 0 Å². The van der Waals surface area contributed by atoms with Gasteiger partial charge in [0.1, 0.15) is 6.61 Å². The second kappa shape index (κ2) is 7.87. The molecule has 4 nitrogen and oxygen atoms in total. The quantitative estimate of drug-likeness (QED) is 0.817. The number of methoxy groups -OCH3 is 1. The van der Waals surface area contributed by atoms with E-state index in [0.29, 0.717) is 29.6 Å². The Morgan fingerprint density at radius 2 is 2.14 bits per heavy atom. The van der Waals surface area contributed by atoms with Gasteiger partial charge in [-0.1, -0.05) is 32.4 Å². The van der Waals surface area contributed by atoms with Crippen molar-refractivity contribution in [2.45, 2.75) is 38.6 Å². The van der Waals surface area contributed by atoms with Crippen LogP contribution < -0.4 is 14.8 Å². The average Bonchev–Trinajstić information content (AvgIpc) is 2.54. The van der Waals surface area contributed by atoms with Crippen LogP contribution in [0.5, 0.6) is 11.5 Å². The first-order chi connectivity index (χ1) is 10.7. The van der Waals surface area contributed by atoms with E-state index in [4.69, 9.17) is 9.47 Å². The molecule has 0 bridgehead atoms. The summed E-state index contributed by atoms with van der Waals surface area (Å²) in [6, 6.07) is 5.52. The predicted molar refractivity (Wildman–Crippen MR) is 87.6 cm³/mol. The van der Waals surface area contributed by atoms with E-state index >= 15 is 0 Å². The molecule has 1 fully saturated rings. The molecule has 1 N–H and O–H groups in total. The Kier molecular flexibility index (Phi) is 5.87. The van der Waals surface area contributed by atoms with Crippen LogP contribution in [0.4, 0.5) is 0 Å². The highest BCUT2D eigenvalue weighted by atomic mass is 16.5. The van der Waals surface area contributed by atoms with Crippen LogP contribution >= 0.6 is 0 Å². The molecule has 1 aromatic carbocycles. The minimum Gasteiger partial charge on any atom is -0.493 e. The number of amides is 1. The monoisotopic (exact) mass is 303 g/mol. The third-order valence-electron chi connectivity index (χ3n) is 4.21. The van der Waals surface area contributed by atoms with Crippen molar-refractivity contribution in [1.82, 2.24) is 5.32 Å². The third kappa shape index (κ3) is 4.03. The Labute approximate surface area is 132 Å². The molecule has 2 unspecified atom stereocenters. The fourth-order valence-electron chi connectivity index (χ4n) is 2.86. The fraction of sp³-hybridized carbons (Fsp3) is 0.500. The van der Waals surface area contributed by atoms with Crippen LogP contribution in [0.1, 0.15) is 43.0 Å². The second-order valence-electron chi connectivity index (χ2n) is 5.81. The van der Waals surface area contributed by atoms with Crippen molar-refractivity contribution in [2.75, 3.05) is 13.7 Å². The fourth-order valence-corrected chi connectivity index (χ4v) is 2.86. The molecule has 1 amide bonds. The lowest BCUT2D eigenvalue weighted by Gasteiger charge is -2.29. The number of carbonyl (C=O) groups is 1. The number of benzene rings is 1. The molecule has 1 aromatic rings. The van der Waals surface area contributed by atoms with Crippen molar-refractivity contribution in [2.24, 2.45) is 5.92 Å². The number of rotatable bonds is 6. The van der Waals surface area contributed by atoms with Gasteiger partial charge >= 0.3 is 0 Å². The van der Waals surface area contributed by atoms with Crippen LogP contribution in [-0.2, 0) is 0 Å². The lowest BCUT2D eigenvalue weighted by molar-refractivity contribution is 0.0910. The Morgan fingerprint density at radius 3 is 2.82 bits per heavy atom. The van der Waals surface area contributed by atoms with Gasteiger partial charge in [-0.25, -0.2) is 0 Å². The van der Waals surface area contributed by atoms with E-state index < -0.39 is 0 Å². The zero-order valence-electron chi connectivity index (χ0n) is 13.4. The molecule has 0 spiro atoms. The molecule has 1 saturated carbocycles. The highest BCUT2D eigenvalue weighted by Gasteiger charge is 2.23. The van der Waals surface area contributed by atoms with E-state index in [1.54, 1.807) is 31.4 Å². The Balaban J connectivity index is 2.07. The molecule has 0 saturated heterocycles. The van der Waals surface area contributed by atoms with Crippen LogP contribution in [-0.4, -0.2) is 25.7 Å². The molecule has 2 atom stereocenters. The number of hydrogen-bond donors (Lipinski definition) is 1. The molecule has 0 heterocycles. The Bertz CT molecular complexity index is 527. The first-order valence-corrected chi connectivity index (χ1v) is 7.88. The molecule has 2 rings (SSSR count). The number of ether oxygens (including phenoxy) is 2. The zero-order chi connectivity index (χ0) is 15.9. The van der Waals surface area contributed by atoms with Crippen LogP contribution in [0.25, 0.3) is 0 Å². The van der Waals surface area contributed by atoms with Gasteiger partial charge in [0, 0.05) is 11.6 Å². The average molecular weight is 303 g/mol. The normalized spacial score (nSPS) is 21.0. The highest BCUT2D eigenvalue weighted by molar-refractivity contribution is 5.95. The number of carbonyl (C=O) groups excluding carboxylic acids is 1. The predicted octanol–water partition coefficient (Wildman–Crippen LogP) is 3.57. The van der Waals surface area contributed by atoms with Gasteiger partial charge in [-0.3, -0.25) is 4.79 Å². The van der Waals surface area contributed by atoms with Crippen molar-refractivity contribution in [3.05, 3.63) is 36.4 Å². The molecule has 1 aliphatic rings. The van der Waals surface area contributed by atoms with Gasteiger partial charge in [0.25, 0.3) is 5.91 Å². The van der Waals surface area contributed by atoms with E-state index in [1.165, 1.54) is 19.3 Å². The van der Waals surface area contributed by atoms with E-state index in [1.807, 2.05) is 0 Å². The summed E-state index contributed by atoms with van der Waals surface area (Å²) in [5.74, 6) is 1.67. The maximum atomic E-state index is 12.4. The molecule has 0 aromatic heterocycles. The van der Waals surface area contributed by atoms with Gasteiger partial charge in [-0.05, 0) is 37.0 Å². The molecular formula is C18H25NO3. The minimum absolute atomic E-state index is 0.0488. The van der Waals surface area contributed by atoms with Gasteiger partial charge < -0.3 is 14.8 Å². The first-order valence-electron chi connectivity index (χ1n) is 7.88. The van der Waals surface area contributed by atoms with E-state index in [-0.39, 0.29) is 11.9 Å². The van der Waals surface area contributed by atoms with Crippen molar-refractivity contribution < 1.29 is 14.3 Å². The summed E-state index contributed by atoms with van der Waals surface area (Å²) in [7, 11) is 1.57. The van der Waals surface area contributed by atoms with Crippen LogP contribution in [0.15, 0.2) is 30.9 Å². The molecule has 0 aliphatic heterocycles. The SMILES string of the molecule is C=CCOc1ccc(C(=O)NC2CCCCC2C)cc1OC. The maximum absolute atomic E-state index is 12.4. The summed E-state index contributed by atoms with van der Waals surface area (Å²) in [4.78, 5) is 12.4. The van der Waals surface area contributed by atoms with Crippen molar-refractivity contribution in [1.29, 1.82) is 0 Å². The van der Waals surface area contributed by atoms with Crippen LogP contribution in [0, 0.1) is 5.92 Å². The van der Waals surface area contributed by atoms with Crippen molar-refractivity contribution in [3.63, 3.8) is 0 Å². The summed E-state index contributed by atoms with van der Waals surface area (Å²) in [6.45, 7) is 6.23. The highest BCUT2D eigenvalue weighted by Crippen LogP contribution is 2.29. The summed E-state index contributed by atoms with van der Waals surface area (Å²) in [6.07, 6.45) is 6.36. The molecule has 1 aliphatic carbocycles. The van der Waals surface area contributed by atoms with Gasteiger partial charge in [0.2, 0.25) is 0 Å². The Hall–Kier alpha value is -1.97. The first kappa shape index (κ1) is 16.4. The lowest BCUT2D eigenvalue weighted by Crippen LogP contribution is -2.41. The maximum Gasteiger partial charge on any atom is 0.251 e. The van der Waals surface area contributed by atoms with Gasteiger partial charge in [0.05, 0.1) is 7.11 Å². The largest absolute Gasteiger partial charge is 0.493 e. The van der Waals surface area contributed by atoms with Gasteiger partial charge in [0.15, 0.2) is 11.5 Å². The number of hydrogen-bond acceptors (Lipinski definition) is 3. The summed E-state index contributed by atoms with van der Waals surface area (Å²) < 4.78 is 10.8.